The van der Waals surface area contributed by atoms with Crippen LogP contribution >= 0.6 is 11.6 Å². The summed E-state index contributed by atoms with van der Waals surface area (Å²) in [6.07, 6.45) is 1.90. The van der Waals surface area contributed by atoms with Gasteiger partial charge in [0.2, 0.25) is 5.91 Å². The Balaban J connectivity index is 2.06. The summed E-state index contributed by atoms with van der Waals surface area (Å²) in [5.41, 5.74) is 0.597. The molecule has 0 spiro atoms. The number of benzene rings is 1. The Morgan fingerprint density at radius 2 is 2.05 bits per heavy atom. The zero-order valence-corrected chi connectivity index (χ0v) is 14.0. The molecule has 1 aromatic rings. The van der Waals surface area contributed by atoms with Gasteiger partial charge in [-0.15, -0.1) is 0 Å². The lowest BCUT2D eigenvalue weighted by atomic mass is 10.2. The quantitative estimate of drug-likeness (QED) is 0.827. The highest BCUT2D eigenvalue weighted by Gasteiger charge is 2.38. The molecule has 1 heterocycles. The molecule has 8 heteroatoms. The Bertz CT molecular complexity index is 619. The minimum absolute atomic E-state index is 0.318. The second-order valence-corrected chi connectivity index (χ2v) is 7.31. The van der Waals surface area contributed by atoms with Crippen molar-refractivity contribution in [3.05, 3.63) is 29.3 Å². The molecule has 0 saturated carbocycles. The van der Waals surface area contributed by atoms with Gasteiger partial charge in [-0.2, -0.15) is 12.7 Å². The summed E-state index contributed by atoms with van der Waals surface area (Å²) in [6, 6.07) is 6.03. The number of hydrogen-bond acceptors (Lipinski definition) is 3. The Labute approximate surface area is 136 Å². The number of nitrogens with one attached hydrogen (secondary N) is 2. The van der Waals surface area contributed by atoms with Crippen molar-refractivity contribution in [2.24, 2.45) is 0 Å². The van der Waals surface area contributed by atoms with Crippen LogP contribution in [0.15, 0.2) is 24.3 Å². The smallest absolute Gasteiger partial charge is 0.280 e. The van der Waals surface area contributed by atoms with E-state index in [1.165, 1.54) is 4.31 Å². The molecule has 1 aromatic carbocycles. The minimum atomic E-state index is -3.61. The molecule has 1 fully saturated rings. The van der Waals surface area contributed by atoms with E-state index in [0.29, 0.717) is 43.1 Å². The van der Waals surface area contributed by atoms with E-state index < -0.39 is 16.3 Å². The van der Waals surface area contributed by atoms with E-state index in [1.54, 1.807) is 24.3 Å². The van der Waals surface area contributed by atoms with Crippen LogP contribution in [0.5, 0.6) is 0 Å². The van der Waals surface area contributed by atoms with Gasteiger partial charge in [-0.1, -0.05) is 18.5 Å². The van der Waals surface area contributed by atoms with Crippen molar-refractivity contribution in [2.45, 2.75) is 32.2 Å². The predicted octanol–water partition coefficient (Wildman–Crippen LogP) is 1.99. The molecule has 6 nitrogen and oxygen atoms in total. The summed E-state index contributed by atoms with van der Waals surface area (Å²) in [5.74, 6) is -0.318. The Hall–Kier alpha value is -1.15. The fourth-order valence-corrected chi connectivity index (χ4v) is 4.02. The molecule has 1 atom stereocenters. The number of halogens is 1. The first-order valence-corrected chi connectivity index (χ1v) is 9.08. The monoisotopic (exact) mass is 345 g/mol. The lowest BCUT2D eigenvalue weighted by Gasteiger charge is -2.23. The van der Waals surface area contributed by atoms with E-state index in [-0.39, 0.29) is 5.91 Å². The van der Waals surface area contributed by atoms with Gasteiger partial charge in [0.25, 0.3) is 10.2 Å². The average Bonchev–Trinajstić information content (AvgIpc) is 2.98. The van der Waals surface area contributed by atoms with Crippen molar-refractivity contribution in [2.75, 3.05) is 18.4 Å². The van der Waals surface area contributed by atoms with Gasteiger partial charge in [-0.3, -0.25) is 4.79 Å². The molecular weight excluding hydrogens is 326 g/mol. The first-order valence-electron chi connectivity index (χ1n) is 7.27. The van der Waals surface area contributed by atoms with Crippen molar-refractivity contribution in [1.82, 2.24) is 9.03 Å². The maximum absolute atomic E-state index is 12.4. The summed E-state index contributed by atoms with van der Waals surface area (Å²) in [6.45, 7) is 2.61. The number of carbonyl (C=O) groups is 1. The maximum atomic E-state index is 12.4. The van der Waals surface area contributed by atoms with E-state index in [4.69, 9.17) is 11.6 Å². The fraction of sp³-hybridized carbons (Fsp3) is 0.500. The predicted molar refractivity (Wildman–Crippen MR) is 87.0 cm³/mol. The van der Waals surface area contributed by atoms with Crippen LogP contribution in [0.4, 0.5) is 5.69 Å². The molecule has 122 valence electrons. The van der Waals surface area contributed by atoms with Crippen molar-refractivity contribution in [1.29, 1.82) is 0 Å². The molecule has 0 bridgehead atoms. The second-order valence-electron chi connectivity index (χ2n) is 5.16. The highest BCUT2D eigenvalue weighted by Crippen LogP contribution is 2.22. The van der Waals surface area contributed by atoms with Crippen LogP contribution in [-0.2, 0) is 15.0 Å². The van der Waals surface area contributed by atoms with Gasteiger partial charge in [0.1, 0.15) is 6.04 Å². The van der Waals surface area contributed by atoms with Gasteiger partial charge in [0.15, 0.2) is 0 Å². The molecule has 1 saturated heterocycles. The van der Waals surface area contributed by atoms with Crippen LogP contribution in [0, 0.1) is 0 Å². The molecule has 1 aliphatic rings. The zero-order valence-electron chi connectivity index (χ0n) is 12.4. The number of anilines is 1. The standard InChI is InChI=1S/C14H20ClN3O3S/c1-2-9-16-22(20,21)18-10-3-4-13(18)14(19)17-12-7-5-11(15)6-8-12/h5-8,13,16H,2-4,9-10H2,1H3,(H,17,19). The number of carbonyl (C=O) groups excluding carboxylic acids is 1. The topological polar surface area (TPSA) is 78.5 Å². The number of nitrogens with zero attached hydrogens (tertiary/aromatic N) is 1. The van der Waals surface area contributed by atoms with Crippen LogP contribution in [0.2, 0.25) is 5.02 Å². The van der Waals surface area contributed by atoms with E-state index >= 15 is 0 Å². The molecular formula is C14H20ClN3O3S. The van der Waals surface area contributed by atoms with Crippen molar-refractivity contribution >= 4 is 33.4 Å². The summed E-state index contributed by atoms with van der Waals surface area (Å²) < 4.78 is 28.2. The largest absolute Gasteiger partial charge is 0.325 e. The van der Waals surface area contributed by atoms with E-state index in [2.05, 4.69) is 10.0 Å². The van der Waals surface area contributed by atoms with Crippen LogP contribution in [0.1, 0.15) is 26.2 Å². The van der Waals surface area contributed by atoms with Crippen molar-refractivity contribution < 1.29 is 13.2 Å². The highest BCUT2D eigenvalue weighted by molar-refractivity contribution is 7.87. The molecule has 22 heavy (non-hydrogen) atoms. The third kappa shape index (κ3) is 4.19. The molecule has 0 aliphatic carbocycles. The Morgan fingerprint density at radius 1 is 1.36 bits per heavy atom. The van der Waals surface area contributed by atoms with Crippen molar-refractivity contribution in [3.8, 4) is 0 Å². The van der Waals surface area contributed by atoms with Crippen LogP contribution in [0.3, 0.4) is 0 Å². The van der Waals surface area contributed by atoms with Gasteiger partial charge in [0, 0.05) is 23.8 Å². The highest BCUT2D eigenvalue weighted by atomic mass is 35.5. The zero-order chi connectivity index (χ0) is 16.2. The Morgan fingerprint density at radius 3 is 2.68 bits per heavy atom. The van der Waals surface area contributed by atoms with E-state index in [1.807, 2.05) is 6.92 Å². The molecule has 1 aliphatic heterocycles. The van der Waals surface area contributed by atoms with Gasteiger partial charge >= 0.3 is 0 Å². The van der Waals surface area contributed by atoms with Crippen LogP contribution < -0.4 is 10.0 Å². The van der Waals surface area contributed by atoms with Crippen LogP contribution in [-0.4, -0.2) is 37.8 Å². The average molecular weight is 346 g/mol. The molecule has 0 radical (unpaired) electrons. The SMILES string of the molecule is CCCNS(=O)(=O)N1CCCC1C(=O)Nc1ccc(Cl)cc1. The summed E-state index contributed by atoms with van der Waals surface area (Å²) in [4.78, 5) is 12.4. The first kappa shape index (κ1) is 17.2. The van der Waals surface area contributed by atoms with Gasteiger partial charge in [-0.05, 0) is 43.5 Å². The van der Waals surface area contributed by atoms with Gasteiger partial charge in [-0.25, -0.2) is 4.72 Å². The number of rotatable bonds is 6. The molecule has 0 aromatic heterocycles. The van der Waals surface area contributed by atoms with Gasteiger partial charge < -0.3 is 5.32 Å². The third-order valence-electron chi connectivity index (χ3n) is 3.46. The van der Waals surface area contributed by atoms with E-state index in [9.17, 15) is 13.2 Å². The second kappa shape index (κ2) is 7.41. The third-order valence-corrected chi connectivity index (χ3v) is 5.34. The van der Waals surface area contributed by atoms with Crippen LogP contribution in [0.25, 0.3) is 0 Å². The number of hydrogen-bond donors (Lipinski definition) is 2. The molecule has 1 unspecified atom stereocenters. The van der Waals surface area contributed by atoms with Gasteiger partial charge in [0.05, 0.1) is 0 Å². The summed E-state index contributed by atoms with van der Waals surface area (Å²) in [7, 11) is -3.61. The van der Waals surface area contributed by atoms with Crippen molar-refractivity contribution in [3.63, 3.8) is 0 Å². The maximum Gasteiger partial charge on any atom is 0.280 e. The lowest BCUT2D eigenvalue weighted by Crippen LogP contribution is -2.48. The van der Waals surface area contributed by atoms with E-state index in [0.717, 1.165) is 0 Å². The molecule has 2 rings (SSSR count). The Kier molecular flexibility index (Phi) is 5.80. The summed E-state index contributed by atoms with van der Waals surface area (Å²) in [5, 5.41) is 3.31. The normalized spacial score (nSPS) is 19.3. The first-order chi connectivity index (χ1) is 10.4. The summed E-state index contributed by atoms with van der Waals surface area (Å²) >= 11 is 5.80. The minimum Gasteiger partial charge on any atom is -0.325 e. The fourth-order valence-electron chi connectivity index (χ4n) is 2.36. The molecule has 2 N–H and O–H groups in total. The lowest BCUT2D eigenvalue weighted by molar-refractivity contribution is -0.119. The molecule has 1 amide bonds. The number of amides is 1.